The third kappa shape index (κ3) is 2.23. The van der Waals surface area contributed by atoms with Gasteiger partial charge in [0.05, 0.1) is 12.3 Å². The van der Waals surface area contributed by atoms with Crippen LogP contribution in [0, 0.1) is 11.6 Å². The summed E-state index contributed by atoms with van der Waals surface area (Å²) >= 11 is 0. The Hall–Kier alpha value is -0.990. The average molecular weight is 243 g/mol. The summed E-state index contributed by atoms with van der Waals surface area (Å²) < 4.78 is 32.0. The standard InChI is InChI=1S/C11H12F2NOP/c12-7-3-4-9(13)8(6-7)11-10(14-16)2-1-5-15-11/h1,3-6,10-11,14H,2,16H2/t10-,11?/m0/s1. The summed E-state index contributed by atoms with van der Waals surface area (Å²) in [7, 11) is 2.37. The number of benzene rings is 1. The van der Waals surface area contributed by atoms with Crippen molar-refractivity contribution in [2.75, 3.05) is 0 Å². The summed E-state index contributed by atoms with van der Waals surface area (Å²) in [5, 5.41) is 2.95. The number of hydrogen-bond donors (Lipinski definition) is 1. The van der Waals surface area contributed by atoms with Crippen LogP contribution in [0.3, 0.4) is 0 Å². The second-order valence-electron chi connectivity index (χ2n) is 3.60. The molecule has 0 fully saturated rings. The number of ether oxygens (including phenoxy) is 1. The Bertz CT molecular complexity index is 411. The van der Waals surface area contributed by atoms with E-state index in [-0.39, 0.29) is 11.6 Å². The topological polar surface area (TPSA) is 21.3 Å². The molecule has 1 aromatic rings. The molecule has 5 heteroatoms. The monoisotopic (exact) mass is 243 g/mol. The first-order valence-corrected chi connectivity index (χ1v) is 5.51. The van der Waals surface area contributed by atoms with Crippen LogP contribution in [0.2, 0.25) is 0 Å². The molecule has 0 saturated carbocycles. The van der Waals surface area contributed by atoms with Gasteiger partial charge in [-0.25, -0.2) is 8.78 Å². The van der Waals surface area contributed by atoms with Crippen molar-refractivity contribution in [1.82, 2.24) is 5.09 Å². The molecule has 0 aromatic heterocycles. The van der Waals surface area contributed by atoms with E-state index in [1.54, 1.807) is 0 Å². The highest BCUT2D eigenvalue weighted by Gasteiger charge is 2.27. The lowest BCUT2D eigenvalue weighted by Crippen LogP contribution is -2.31. The third-order valence-electron chi connectivity index (χ3n) is 2.56. The van der Waals surface area contributed by atoms with Gasteiger partial charge in [-0.15, -0.1) is 0 Å². The van der Waals surface area contributed by atoms with Crippen molar-refractivity contribution >= 4 is 9.39 Å². The summed E-state index contributed by atoms with van der Waals surface area (Å²) in [4.78, 5) is 0. The molecule has 2 unspecified atom stereocenters. The Balaban J connectivity index is 2.34. The molecule has 1 N–H and O–H groups in total. The molecular weight excluding hydrogens is 231 g/mol. The molecule has 0 radical (unpaired) electrons. The fourth-order valence-electron chi connectivity index (χ4n) is 1.74. The lowest BCUT2D eigenvalue weighted by molar-refractivity contribution is 0.0971. The smallest absolute Gasteiger partial charge is 0.141 e. The van der Waals surface area contributed by atoms with E-state index >= 15 is 0 Å². The second kappa shape index (κ2) is 4.89. The quantitative estimate of drug-likeness (QED) is 0.806. The Labute approximate surface area is 94.9 Å². The Morgan fingerprint density at radius 2 is 2.19 bits per heavy atom. The maximum atomic E-state index is 13.6. The van der Waals surface area contributed by atoms with Gasteiger partial charge in [0.25, 0.3) is 0 Å². The minimum Gasteiger partial charge on any atom is -0.492 e. The maximum Gasteiger partial charge on any atom is 0.141 e. The van der Waals surface area contributed by atoms with Crippen molar-refractivity contribution in [3.8, 4) is 0 Å². The molecule has 0 saturated heterocycles. The number of nitrogens with one attached hydrogen (secondary N) is 1. The summed E-state index contributed by atoms with van der Waals surface area (Å²) in [5.41, 5.74) is 0.240. The molecule has 0 spiro atoms. The Morgan fingerprint density at radius 1 is 1.38 bits per heavy atom. The van der Waals surface area contributed by atoms with Crippen LogP contribution in [-0.4, -0.2) is 6.04 Å². The molecule has 1 aromatic carbocycles. The van der Waals surface area contributed by atoms with Crippen LogP contribution in [0.5, 0.6) is 0 Å². The first-order chi connectivity index (χ1) is 7.72. The van der Waals surface area contributed by atoms with Crippen molar-refractivity contribution in [1.29, 1.82) is 0 Å². The van der Waals surface area contributed by atoms with Crippen molar-refractivity contribution in [3.05, 3.63) is 47.7 Å². The van der Waals surface area contributed by atoms with Crippen molar-refractivity contribution in [3.63, 3.8) is 0 Å². The normalized spacial score (nSPS) is 24.2. The van der Waals surface area contributed by atoms with E-state index < -0.39 is 17.7 Å². The molecule has 0 amide bonds. The SMILES string of the molecule is Fc1ccc(F)c(C2OC=CC[C@@H]2NP)c1. The maximum absolute atomic E-state index is 13.6. The summed E-state index contributed by atoms with van der Waals surface area (Å²) in [6.45, 7) is 0. The van der Waals surface area contributed by atoms with Crippen LogP contribution in [0.4, 0.5) is 8.78 Å². The fourth-order valence-corrected chi connectivity index (χ4v) is 2.05. The number of rotatable bonds is 2. The minimum atomic E-state index is -0.502. The zero-order chi connectivity index (χ0) is 11.5. The summed E-state index contributed by atoms with van der Waals surface area (Å²) in [6.07, 6.45) is 3.57. The zero-order valence-electron chi connectivity index (χ0n) is 8.49. The van der Waals surface area contributed by atoms with Gasteiger partial charge in [0.2, 0.25) is 0 Å². The third-order valence-corrected chi connectivity index (χ3v) is 2.98. The highest BCUT2D eigenvalue weighted by atomic mass is 31.0. The van der Waals surface area contributed by atoms with Gasteiger partial charge in [-0.3, -0.25) is 5.09 Å². The largest absolute Gasteiger partial charge is 0.492 e. The lowest BCUT2D eigenvalue weighted by atomic mass is 9.98. The molecule has 3 atom stereocenters. The van der Waals surface area contributed by atoms with E-state index in [2.05, 4.69) is 14.5 Å². The first kappa shape index (κ1) is 11.5. The van der Waals surface area contributed by atoms with Crippen LogP contribution in [0.1, 0.15) is 18.1 Å². The molecule has 1 aliphatic rings. The van der Waals surface area contributed by atoms with E-state index in [4.69, 9.17) is 4.74 Å². The van der Waals surface area contributed by atoms with Crippen LogP contribution < -0.4 is 5.09 Å². The van der Waals surface area contributed by atoms with Gasteiger partial charge in [-0.05, 0) is 30.7 Å². The van der Waals surface area contributed by atoms with Gasteiger partial charge in [0.15, 0.2) is 0 Å². The van der Waals surface area contributed by atoms with E-state index in [1.807, 2.05) is 6.08 Å². The molecule has 86 valence electrons. The van der Waals surface area contributed by atoms with Gasteiger partial charge in [-0.1, -0.05) is 9.39 Å². The molecule has 1 heterocycles. The van der Waals surface area contributed by atoms with Crippen LogP contribution >= 0.6 is 9.39 Å². The second-order valence-corrected chi connectivity index (χ2v) is 3.94. The van der Waals surface area contributed by atoms with E-state index in [0.717, 1.165) is 12.1 Å². The van der Waals surface area contributed by atoms with Gasteiger partial charge in [-0.2, -0.15) is 0 Å². The predicted molar refractivity (Wildman–Crippen MR) is 60.6 cm³/mol. The average Bonchev–Trinajstić information content (AvgIpc) is 2.32. The van der Waals surface area contributed by atoms with Crippen LogP contribution in [-0.2, 0) is 4.74 Å². The van der Waals surface area contributed by atoms with Crippen molar-refractivity contribution in [2.45, 2.75) is 18.6 Å². The first-order valence-electron chi connectivity index (χ1n) is 4.94. The van der Waals surface area contributed by atoms with Gasteiger partial charge >= 0.3 is 0 Å². The fraction of sp³-hybridized carbons (Fsp3) is 0.273. The van der Waals surface area contributed by atoms with Crippen LogP contribution in [0.25, 0.3) is 0 Å². The highest BCUT2D eigenvalue weighted by molar-refractivity contribution is 7.13. The van der Waals surface area contributed by atoms with Crippen molar-refractivity contribution < 1.29 is 13.5 Å². The van der Waals surface area contributed by atoms with E-state index in [1.165, 1.54) is 12.3 Å². The zero-order valence-corrected chi connectivity index (χ0v) is 9.64. The molecule has 0 bridgehead atoms. The highest BCUT2D eigenvalue weighted by Crippen LogP contribution is 2.30. The molecule has 1 aliphatic heterocycles. The summed E-state index contributed by atoms with van der Waals surface area (Å²) in [5.74, 6) is -0.913. The van der Waals surface area contributed by atoms with E-state index in [0.29, 0.717) is 6.42 Å². The van der Waals surface area contributed by atoms with Gasteiger partial charge in [0.1, 0.15) is 17.7 Å². The number of hydrogen-bond acceptors (Lipinski definition) is 2. The van der Waals surface area contributed by atoms with Crippen molar-refractivity contribution in [2.24, 2.45) is 0 Å². The molecule has 16 heavy (non-hydrogen) atoms. The molecule has 2 nitrogen and oxygen atoms in total. The van der Waals surface area contributed by atoms with E-state index in [9.17, 15) is 8.78 Å². The minimum absolute atomic E-state index is 0.0775. The van der Waals surface area contributed by atoms with Crippen LogP contribution in [0.15, 0.2) is 30.5 Å². The Morgan fingerprint density at radius 3 is 2.94 bits per heavy atom. The van der Waals surface area contributed by atoms with Gasteiger partial charge in [0, 0.05) is 5.56 Å². The lowest BCUT2D eigenvalue weighted by Gasteiger charge is -2.28. The number of halogens is 2. The molecule has 0 aliphatic carbocycles. The molecule has 2 rings (SSSR count). The van der Waals surface area contributed by atoms with Gasteiger partial charge < -0.3 is 4.74 Å². The Kier molecular flexibility index (Phi) is 3.52. The molecular formula is C11H12F2NOP. The summed E-state index contributed by atoms with van der Waals surface area (Å²) in [6, 6.07) is 3.31. The predicted octanol–water partition coefficient (Wildman–Crippen LogP) is 2.69.